The van der Waals surface area contributed by atoms with Crippen molar-refractivity contribution in [2.45, 2.75) is 19.4 Å². The number of hydrogen-bond acceptors (Lipinski definition) is 5. The van der Waals surface area contributed by atoms with Gasteiger partial charge in [0.05, 0.1) is 6.54 Å². The molecule has 0 radical (unpaired) electrons. The lowest BCUT2D eigenvalue weighted by Gasteiger charge is -2.33. The first-order valence-corrected chi connectivity index (χ1v) is 8.56. The highest BCUT2D eigenvalue weighted by atomic mass is 16.1. The molecular weight excluding hydrogens is 290 g/mol. The van der Waals surface area contributed by atoms with Crippen LogP contribution in [-0.2, 0) is 11.3 Å². The summed E-state index contributed by atoms with van der Waals surface area (Å²) in [6.07, 6.45) is 4.48. The topological polar surface area (TPSA) is 60.5 Å². The van der Waals surface area contributed by atoms with Crippen LogP contribution in [0.2, 0.25) is 0 Å². The average Bonchev–Trinajstić information content (AvgIpc) is 3.39. The average molecular weight is 317 g/mol. The number of carbonyl (C=O) groups excluding carboxylic acids is 1. The Bertz CT molecular complexity index is 506. The second-order valence-corrected chi connectivity index (χ2v) is 6.67. The molecule has 23 heavy (non-hydrogen) atoms. The molecular formula is C17H27N5O. The fourth-order valence-corrected chi connectivity index (χ4v) is 2.72. The second kappa shape index (κ2) is 7.75. The largest absolute Gasteiger partial charge is 0.354 e. The zero-order chi connectivity index (χ0) is 16.1. The van der Waals surface area contributed by atoms with Crippen LogP contribution in [0.4, 0.5) is 5.82 Å². The van der Waals surface area contributed by atoms with Crippen LogP contribution < -0.4 is 15.5 Å². The normalized spacial score (nSPS) is 18.9. The summed E-state index contributed by atoms with van der Waals surface area (Å²) >= 11 is 0. The van der Waals surface area contributed by atoms with E-state index in [1.807, 2.05) is 6.20 Å². The molecule has 6 nitrogen and oxygen atoms in total. The first-order valence-electron chi connectivity index (χ1n) is 8.56. The van der Waals surface area contributed by atoms with E-state index in [-0.39, 0.29) is 5.91 Å². The molecule has 2 fully saturated rings. The van der Waals surface area contributed by atoms with Gasteiger partial charge in [-0.15, -0.1) is 0 Å². The highest BCUT2D eigenvalue weighted by Gasteiger charge is 2.20. The summed E-state index contributed by atoms with van der Waals surface area (Å²) in [5, 5.41) is 6.14. The van der Waals surface area contributed by atoms with Crippen LogP contribution in [0.1, 0.15) is 18.4 Å². The molecule has 1 saturated carbocycles. The highest BCUT2D eigenvalue weighted by molar-refractivity contribution is 5.77. The van der Waals surface area contributed by atoms with Crippen LogP contribution in [0.3, 0.4) is 0 Å². The molecule has 2 heterocycles. The van der Waals surface area contributed by atoms with Crippen molar-refractivity contribution >= 4 is 11.7 Å². The third kappa shape index (κ3) is 5.18. The summed E-state index contributed by atoms with van der Waals surface area (Å²) in [4.78, 5) is 20.9. The zero-order valence-corrected chi connectivity index (χ0v) is 13.9. The third-order valence-electron chi connectivity index (χ3n) is 4.54. The van der Waals surface area contributed by atoms with E-state index in [9.17, 15) is 4.79 Å². The molecule has 1 aliphatic carbocycles. The number of pyridine rings is 1. The monoisotopic (exact) mass is 317 g/mol. The van der Waals surface area contributed by atoms with Gasteiger partial charge in [0.1, 0.15) is 5.82 Å². The lowest BCUT2D eigenvalue weighted by molar-refractivity contribution is -0.120. The molecule has 1 aromatic rings. The number of amides is 1. The fraction of sp³-hybridized carbons (Fsp3) is 0.647. The number of piperazine rings is 1. The van der Waals surface area contributed by atoms with Gasteiger partial charge in [-0.25, -0.2) is 4.98 Å². The SMILES string of the molecule is CN1CCN(c2ccc(CNC(=O)CNCC3CC3)cn2)CC1. The number of likely N-dealkylation sites (N-methyl/N-ethyl adjacent to an activating group) is 1. The minimum atomic E-state index is 0.0498. The molecule has 1 aromatic heterocycles. The molecule has 2 aliphatic rings. The molecule has 1 amide bonds. The van der Waals surface area contributed by atoms with Gasteiger partial charge >= 0.3 is 0 Å². The summed E-state index contributed by atoms with van der Waals surface area (Å²) in [5.74, 6) is 1.88. The lowest BCUT2D eigenvalue weighted by Crippen LogP contribution is -2.44. The molecule has 126 valence electrons. The number of aromatic nitrogens is 1. The first-order chi connectivity index (χ1) is 11.2. The van der Waals surface area contributed by atoms with Crippen LogP contribution >= 0.6 is 0 Å². The van der Waals surface area contributed by atoms with Gasteiger partial charge in [0.2, 0.25) is 5.91 Å². The van der Waals surface area contributed by atoms with Crippen molar-refractivity contribution in [2.75, 3.05) is 51.2 Å². The Labute approximate surface area is 138 Å². The van der Waals surface area contributed by atoms with Crippen molar-refractivity contribution < 1.29 is 4.79 Å². The minimum Gasteiger partial charge on any atom is -0.354 e. The summed E-state index contributed by atoms with van der Waals surface area (Å²) in [7, 11) is 2.15. The number of anilines is 1. The Morgan fingerprint density at radius 1 is 1.26 bits per heavy atom. The molecule has 6 heteroatoms. The fourth-order valence-electron chi connectivity index (χ4n) is 2.72. The number of nitrogens with zero attached hydrogens (tertiary/aromatic N) is 3. The Hall–Kier alpha value is -1.66. The van der Waals surface area contributed by atoms with Crippen LogP contribution in [0.15, 0.2) is 18.3 Å². The quantitative estimate of drug-likeness (QED) is 0.765. The molecule has 0 atom stereocenters. The van der Waals surface area contributed by atoms with Gasteiger partial charge in [-0.05, 0) is 44.0 Å². The number of hydrogen-bond donors (Lipinski definition) is 2. The van der Waals surface area contributed by atoms with Crippen molar-refractivity contribution in [3.05, 3.63) is 23.9 Å². The van der Waals surface area contributed by atoms with E-state index in [2.05, 4.69) is 44.6 Å². The highest BCUT2D eigenvalue weighted by Crippen LogP contribution is 2.27. The van der Waals surface area contributed by atoms with E-state index in [4.69, 9.17) is 0 Å². The smallest absolute Gasteiger partial charge is 0.234 e. The van der Waals surface area contributed by atoms with Gasteiger partial charge in [0.25, 0.3) is 0 Å². The Morgan fingerprint density at radius 2 is 2.04 bits per heavy atom. The summed E-state index contributed by atoms with van der Waals surface area (Å²) in [6.45, 7) is 6.11. The van der Waals surface area contributed by atoms with Crippen molar-refractivity contribution in [1.29, 1.82) is 0 Å². The van der Waals surface area contributed by atoms with E-state index in [0.717, 1.165) is 50.0 Å². The molecule has 0 bridgehead atoms. The van der Waals surface area contributed by atoms with Crippen LogP contribution in [0, 0.1) is 5.92 Å². The van der Waals surface area contributed by atoms with Gasteiger partial charge in [-0.3, -0.25) is 4.79 Å². The van der Waals surface area contributed by atoms with Crippen LogP contribution in [0.25, 0.3) is 0 Å². The van der Waals surface area contributed by atoms with Crippen LogP contribution in [-0.4, -0.2) is 62.1 Å². The lowest BCUT2D eigenvalue weighted by atomic mass is 10.2. The molecule has 0 aromatic carbocycles. The first kappa shape index (κ1) is 16.2. The van der Waals surface area contributed by atoms with E-state index < -0.39 is 0 Å². The van der Waals surface area contributed by atoms with Crippen molar-refractivity contribution in [1.82, 2.24) is 20.5 Å². The van der Waals surface area contributed by atoms with Gasteiger partial charge in [-0.1, -0.05) is 6.07 Å². The maximum atomic E-state index is 11.8. The zero-order valence-electron chi connectivity index (χ0n) is 13.9. The Morgan fingerprint density at radius 3 is 2.70 bits per heavy atom. The van der Waals surface area contributed by atoms with E-state index in [0.29, 0.717) is 13.1 Å². The molecule has 0 unspecified atom stereocenters. The predicted octanol–water partition coefficient (Wildman–Crippen LogP) is 0.449. The van der Waals surface area contributed by atoms with E-state index in [1.165, 1.54) is 12.8 Å². The second-order valence-electron chi connectivity index (χ2n) is 6.67. The van der Waals surface area contributed by atoms with Crippen molar-refractivity contribution in [2.24, 2.45) is 5.92 Å². The summed E-state index contributed by atoms with van der Waals surface area (Å²) in [5.41, 5.74) is 1.04. The van der Waals surface area contributed by atoms with Crippen molar-refractivity contribution in [3.8, 4) is 0 Å². The summed E-state index contributed by atoms with van der Waals surface area (Å²) in [6, 6.07) is 4.11. The minimum absolute atomic E-state index is 0.0498. The van der Waals surface area contributed by atoms with Gasteiger partial charge in [-0.2, -0.15) is 0 Å². The number of nitrogens with one attached hydrogen (secondary N) is 2. The summed E-state index contributed by atoms with van der Waals surface area (Å²) < 4.78 is 0. The maximum absolute atomic E-state index is 11.8. The molecule has 0 spiro atoms. The van der Waals surface area contributed by atoms with E-state index in [1.54, 1.807) is 0 Å². The maximum Gasteiger partial charge on any atom is 0.234 e. The predicted molar refractivity (Wildman–Crippen MR) is 91.4 cm³/mol. The number of carbonyl (C=O) groups is 1. The molecule has 1 saturated heterocycles. The molecule has 3 rings (SSSR count). The third-order valence-corrected chi connectivity index (χ3v) is 4.54. The van der Waals surface area contributed by atoms with Gasteiger partial charge in [0, 0.05) is 38.9 Å². The van der Waals surface area contributed by atoms with Crippen molar-refractivity contribution in [3.63, 3.8) is 0 Å². The Balaban J connectivity index is 1.39. The molecule has 2 N–H and O–H groups in total. The van der Waals surface area contributed by atoms with Gasteiger partial charge in [0.15, 0.2) is 0 Å². The van der Waals surface area contributed by atoms with Gasteiger partial charge < -0.3 is 20.4 Å². The Kier molecular flexibility index (Phi) is 5.46. The standard InChI is InChI=1S/C17H27N5O/c1-21-6-8-22(9-7-21)16-5-4-15(11-19-16)12-20-17(23)13-18-10-14-2-3-14/h4-5,11,14,18H,2-3,6-10,12-13H2,1H3,(H,20,23). The number of rotatable bonds is 7. The van der Waals surface area contributed by atoms with E-state index >= 15 is 0 Å². The van der Waals surface area contributed by atoms with Crippen LogP contribution in [0.5, 0.6) is 0 Å². The molecule has 1 aliphatic heterocycles.